The molecule has 1 amide bonds. The number of hydrogen-bond donors (Lipinski definition) is 1. The first-order valence-electron chi connectivity index (χ1n) is 10.9. The van der Waals surface area contributed by atoms with E-state index in [9.17, 15) is 9.59 Å². The topological polar surface area (TPSA) is 68.3 Å². The summed E-state index contributed by atoms with van der Waals surface area (Å²) in [5.74, 6) is -0.602. The zero-order valence-corrected chi connectivity index (χ0v) is 18.2. The van der Waals surface area contributed by atoms with Crippen molar-refractivity contribution in [3.05, 3.63) is 96.2 Å². The molecule has 0 unspecified atom stereocenters. The number of para-hydroxylation sites is 1. The molecule has 5 heteroatoms. The van der Waals surface area contributed by atoms with Crippen LogP contribution < -0.4 is 5.32 Å². The number of carbonyl (C=O) groups excluding carboxylic acids is 2. The van der Waals surface area contributed by atoms with Crippen molar-refractivity contribution < 1.29 is 14.3 Å². The number of esters is 1. The molecule has 0 atom stereocenters. The number of hydrogen-bond acceptors (Lipinski definition) is 4. The second kappa shape index (κ2) is 8.71. The number of ether oxygens (including phenoxy) is 1. The van der Waals surface area contributed by atoms with Gasteiger partial charge in [-0.1, -0.05) is 66.7 Å². The van der Waals surface area contributed by atoms with Gasteiger partial charge in [-0.2, -0.15) is 0 Å². The highest BCUT2D eigenvalue weighted by molar-refractivity contribution is 6.18. The fourth-order valence-electron chi connectivity index (χ4n) is 4.23. The van der Waals surface area contributed by atoms with Crippen molar-refractivity contribution >= 4 is 50.0 Å². The van der Waals surface area contributed by atoms with Crippen molar-refractivity contribution in [3.8, 4) is 0 Å². The lowest BCUT2D eigenvalue weighted by Crippen LogP contribution is -2.15. The normalized spacial score (nSPS) is 11.1. The molecule has 0 radical (unpaired) electrons. The highest BCUT2D eigenvalue weighted by Crippen LogP contribution is 2.35. The molecule has 5 aromatic rings. The summed E-state index contributed by atoms with van der Waals surface area (Å²) < 4.78 is 5.18. The van der Waals surface area contributed by atoms with Gasteiger partial charge in [0, 0.05) is 16.5 Å². The molecule has 0 saturated heterocycles. The van der Waals surface area contributed by atoms with Crippen molar-refractivity contribution in [3.63, 3.8) is 0 Å². The molecule has 0 aliphatic rings. The fraction of sp³-hybridized carbons (Fsp3) is 0.107. The van der Waals surface area contributed by atoms with E-state index >= 15 is 0 Å². The van der Waals surface area contributed by atoms with Gasteiger partial charge in [-0.3, -0.25) is 9.59 Å². The number of nitrogens with one attached hydrogen (secondary N) is 1. The largest absolute Gasteiger partial charge is 0.466 e. The van der Waals surface area contributed by atoms with Crippen LogP contribution in [0.5, 0.6) is 0 Å². The Morgan fingerprint density at radius 1 is 0.848 bits per heavy atom. The zero-order chi connectivity index (χ0) is 22.8. The molecule has 0 aliphatic carbocycles. The molecule has 0 bridgehead atoms. The van der Waals surface area contributed by atoms with Crippen LogP contribution >= 0.6 is 0 Å². The van der Waals surface area contributed by atoms with Gasteiger partial charge in [0.2, 0.25) is 0 Å². The van der Waals surface area contributed by atoms with Gasteiger partial charge in [0.15, 0.2) is 0 Å². The Balaban J connectivity index is 1.63. The van der Waals surface area contributed by atoms with Crippen LogP contribution in [0.2, 0.25) is 0 Å². The summed E-state index contributed by atoms with van der Waals surface area (Å²) >= 11 is 0. The van der Waals surface area contributed by atoms with E-state index in [-0.39, 0.29) is 18.3 Å². The predicted octanol–water partition coefficient (Wildman–Crippen LogP) is 5.90. The molecule has 5 nitrogen and oxygen atoms in total. The van der Waals surface area contributed by atoms with E-state index in [1.54, 1.807) is 13.0 Å². The second-order valence-electron chi connectivity index (χ2n) is 7.81. The van der Waals surface area contributed by atoms with Crippen LogP contribution in [-0.2, 0) is 16.0 Å². The summed E-state index contributed by atoms with van der Waals surface area (Å²) in [4.78, 5) is 30.0. The highest BCUT2D eigenvalue weighted by Gasteiger charge is 2.16. The number of aromatic nitrogens is 1. The number of pyridine rings is 1. The number of fused-ring (bicyclic) bond motifs is 4. The number of anilines is 1. The molecule has 4 aromatic carbocycles. The van der Waals surface area contributed by atoms with Gasteiger partial charge in [0.25, 0.3) is 5.91 Å². The number of nitrogens with zero attached hydrogens (tertiary/aromatic N) is 1. The van der Waals surface area contributed by atoms with E-state index < -0.39 is 0 Å². The summed E-state index contributed by atoms with van der Waals surface area (Å²) in [5.41, 5.74) is 2.54. The lowest BCUT2D eigenvalue weighted by atomic mass is 9.95. The number of benzene rings is 4. The lowest BCUT2D eigenvalue weighted by Gasteiger charge is -2.15. The van der Waals surface area contributed by atoms with Crippen LogP contribution in [0.25, 0.3) is 32.4 Å². The third-order valence-corrected chi connectivity index (χ3v) is 5.69. The second-order valence-corrected chi connectivity index (χ2v) is 7.81. The minimum absolute atomic E-state index is 0.126. The van der Waals surface area contributed by atoms with Gasteiger partial charge in [-0.05, 0) is 46.8 Å². The first-order chi connectivity index (χ1) is 16.1. The fourth-order valence-corrected chi connectivity index (χ4v) is 4.23. The van der Waals surface area contributed by atoms with E-state index in [0.717, 1.165) is 38.0 Å². The molecule has 33 heavy (non-hydrogen) atoms. The first kappa shape index (κ1) is 20.6. The smallest absolute Gasteiger partial charge is 0.310 e. The van der Waals surface area contributed by atoms with Crippen LogP contribution in [0, 0.1) is 0 Å². The van der Waals surface area contributed by atoms with E-state index in [0.29, 0.717) is 18.0 Å². The van der Waals surface area contributed by atoms with Gasteiger partial charge < -0.3 is 10.1 Å². The maximum absolute atomic E-state index is 13.2. The Morgan fingerprint density at radius 2 is 1.61 bits per heavy atom. The van der Waals surface area contributed by atoms with Crippen molar-refractivity contribution in [2.24, 2.45) is 0 Å². The molecule has 0 spiro atoms. The maximum atomic E-state index is 13.2. The molecule has 5 rings (SSSR count). The number of rotatable bonds is 5. The van der Waals surface area contributed by atoms with E-state index in [1.165, 1.54) is 0 Å². The van der Waals surface area contributed by atoms with Gasteiger partial charge in [0.1, 0.15) is 5.69 Å². The Morgan fingerprint density at radius 3 is 2.45 bits per heavy atom. The monoisotopic (exact) mass is 434 g/mol. The molecule has 0 saturated carbocycles. The van der Waals surface area contributed by atoms with E-state index in [2.05, 4.69) is 10.3 Å². The minimum atomic E-state index is -0.303. The SMILES string of the molecule is CCOC(=O)Cc1cccc2c1c(NC(=O)c1ccc3ccccc3n1)cc1ccccc12. The Labute approximate surface area is 191 Å². The standard InChI is InChI=1S/C28H22N2O3/c1-2-33-26(31)17-20-10-7-12-22-21-11-5-3-9-19(21)16-25(27(20)22)30-28(32)24-15-14-18-8-4-6-13-23(18)29-24/h3-16H,2,17H2,1H3,(H,30,32). The lowest BCUT2D eigenvalue weighted by molar-refractivity contribution is -0.142. The molecule has 1 heterocycles. The predicted molar refractivity (Wildman–Crippen MR) is 131 cm³/mol. The van der Waals surface area contributed by atoms with Crippen LogP contribution in [0.1, 0.15) is 23.0 Å². The van der Waals surface area contributed by atoms with Crippen LogP contribution in [0.4, 0.5) is 5.69 Å². The Bertz CT molecular complexity index is 1520. The molecule has 1 N–H and O–H groups in total. The van der Waals surface area contributed by atoms with Gasteiger partial charge >= 0.3 is 5.97 Å². The third-order valence-electron chi connectivity index (χ3n) is 5.69. The summed E-state index contributed by atoms with van der Waals surface area (Å²) in [6, 6.07) is 27.1. The van der Waals surface area contributed by atoms with Gasteiger partial charge in [-0.15, -0.1) is 0 Å². The van der Waals surface area contributed by atoms with Crippen molar-refractivity contribution in [1.29, 1.82) is 0 Å². The molecule has 162 valence electrons. The summed E-state index contributed by atoms with van der Waals surface area (Å²) in [7, 11) is 0. The van der Waals surface area contributed by atoms with Crippen molar-refractivity contribution in [1.82, 2.24) is 4.98 Å². The summed E-state index contributed by atoms with van der Waals surface area (Å²) in [6.07, 6.45) is 0.126. The van der Waals surface area contributed by atoms with E-state index in [4.69, 9.17) is 4.74 Å². The van der Waals surface area contributed by atoms with Crippen LogP contribution in [-0.4, -0.2) is 23.5 Å². The van der Waals surface area contributed by atoms with Gasteiger partial charge in [0.05, 0.1) is 18.5 Å². The first-order valence-corrected chi connectivity index (χ1v) is 10.9. The molecular formula is C28H22N2O3. The Kier molecular flexibility index (Phi) is 5.45. The van der Waals surface area contributed by atoms with Crippen molar-refractivity contribution in [2.45, 2.75) is 13.3 Å². The molecule has 0 aliphatic heterocycles. The minimum Gasteiger partial charge on any atom is -0.466 e. The maximum Gasteiger partial charge on any atom is 0.310 e. The van der Waals surface area contributed by atoms with Gasteiger partial charge in [-0.25, -0.2) is 4.98 Å². The highest BCUT2D eigenvalue weighted by atomic mass is 16.5. The number of amides is 1. The van der Waals surface area contributed by atoms with E-state index in [1.807, 2.05) is 78.9 Å². The van der Waals surface area contributed by atoms with Crippen LogP contribution in [0.3, 0.4) is 0 Å². The molecular weight excluding hydrogens is 412 g/mol. The Hall–Kier alpha value is -4.25. The molecule has 0 fully saturated rings. The molecule has 1 aromatic heterocycles. The average Bonchev–Trinajstić information content (AvgIpc) is 2.84. The average molecular weight is 434 g/mol. The number of carbonyl (C=O) groups is 2. The van der Waals surface area contributed by atoms with Crippen LogP contribution in [0.15, 0.2) is 84.9 Å². The summed E-state index contributed by atoms with van der Waals surface area (Å²) in [5, 5.41) is 7.88. The quantitative estimate of drug-likeness (QED) is 0.276. The van der Waals surface area contributed by atoms with Crippen molar-refractivity contribution in [2.75, 3.05) is 11.9 Å². The third kappa shape index (κ3) is 4.01. The zero-order valence-electron chi connectivity index (χ0n) is 18.2. The summed E-state index contributed by atoms with van der Waals surface area (Å²) in [6.45, 7) is 2.11.